The molecule has 5 nitrogen and oxygen atoms in total. The number of halogens is 1. The van der Waals surface area contributed by atoms with E-state index in [1.54, 1.807) is 23.1 Å². The number of nitrogens with zero attached hydrogens (tertiary/aromatic N) is 1. The van der Waals surface area contributed by atoms with Crippen LogP contribution in [0.4, 0.5) is 5.69 Å². The van der Waals surface area contributed by atoms with E-state index < -0.39 is 10.0 Å². The Morgan fingerprint density at radius 1 is 1.14 bits per heavy atom. The van der Waals surface area contributed by atoms with Crippen molar-refractivity contribution in [3.05, 3.63) is 58.1 Å². The second kappa shape index (κ2) is 8.13. The molecule has 0 aliphatic carbocycles. The van der Waals surface area contributed by atoms with Gasteiger partial charge in [0.15, 0.2) is 0 Å². The number of hydrogen-bond donors (Lipinski definition) is 1. The van der Waals surface area contributed by atoms with Gasteiger partial charge in [0.1, 0.15) is 4.90 Å². The third-order valence-corrected chi connectivity index (χ3v) is 7.23. The van der Waals surface area contributed by atoms with Crippen LogP contribution in [0.25, 0.3) is 0 Å². The number of sulfonamides is 1. The van der Waals surface area contributed by atoms with Crippen LogP contribution in [-0.4, -0.2) is 32.3 Å². The molecule has 2 aromatic rings. The van der Waals surface area contributed by atoms with E-state index in [9.17, 15) is 13.2 Å². The molecule has 0 bridgehead atoms. The maximum Gasteiger partial charge on any atom is 0.263 e. The van der Waals surface area contributed by atoms with Gasteiger partial charge in [-0.05, 0) is 68.0 Å². The summed E-state index contributed by atoms with van der Waals surface area (Å²) in [4.78, 5) is 14.5. The Kier molecular flexibility index (Phi) is 6.01. The molecule has 0 saturated carbocycles. The SMILES string of the molecule is Cc1cccc(NS(=O)(=O)c2cc(C(=O)N3CCC(C)CC3)ccc2Cl)c1C. The fraction of sp³-hybridized carbons (Fsp3) is 0.381. The van der Waals surface area contributed by atoms with Gasteiger partial charge in [-0.2, -0.15) is 0 Å². The van der Waals surface area contributed by atoms with E-state index in [2.05, 4.69) is 11.6 Å². The lowest BCUT2D eigenvalue weighted by molar-refractivity contribution is 0.0697. The minimum atomic E-state index is -3.93. The van der Waals surface area contributed by atoms with Gasteiger partial charge in [-0.25, -0.2) is 8.42 Å². The Balaban J connectivity index is 1.90. The van der Waals surface area contributed by atoms with E-state index in [4.69, 9.17) is 11.6 Å². The first-order chi connectivity index (χ1) is 13.2. The molecule has 0 spiro atoms. The van der Waals surface area contributed by atoms with Crippen LogP contribution in [0.2, 0.25) is 5.02 Å². The van der Waals surface area contributed by atoms with Gasteiger partial charge in [-0.3, -0.25) is 9.52 Å². The summed E-state index contributed by atoms with van der Waals surface area (Å²) in [6.45, 7) is 7.32. The maximum atomic E-state index is 13.0. The van der Waals surface area contributed by atoms with E-state index in [1.807, 2.05) is 19.9 Å². The summed E-state index contributed by atoms with van der Waals surface area (Å²) >= 11 is 6.18. The number of aryl methyl sites for hydroxylation is 1. The number of rotatable bonds is 4. The highest BCUT2D eigenvalue weighted by molar-refractivity contribution is 7.92. The second-order valence-electron chi connectivity index (χ2n) is 7.47. The zero-order chi connectivity index (χ0) is 20.5. The monoisotopic (exact) mass is 420 g/mol. The van der Waals surface area contributed by atoms with Crippen molar-refractivity contribution >= 4 is 33.2 Å². The molecular formula is C21H25ClN2O3S. The van der Waals surface area contributed by atoms with Crippen molar-refractivity contribution in [3.8, 4) is 0 Å². The number of hydrogen-bond acceptors (Lipinski definition) is 3. The number of benzene rings is 2. The van der Waals surface area contributed by atoms with Gasteiger partial charge in [0.25, 0.3) is 15.9 Å². The molecule has 1 heterocycles. The molecule has 7 heteroatoms. The predicted octanol–water partition coefficient (Wildman–Crippen LogP) is 4.63. The van der Waals surface area contributed by atoms with Crippen LogP contribution in [0.1, 0.15) is 41.3 Å². The highest BCUT2D eigenvalue weighted by atomic mass is 35.5. The summed E-state index contributed by atoms with van der Waals surface area (Å²) in [5, 5.41) is 0.0848. The molecule has 1 aliphatic heterocycles. The number of nitrogens with one attached hydrogen (secondary N) is 1. The minimum absolute atomic E-state index is 0.0848. The molecule has 1 saturated heterocycles. The Hall–Kier alpha value is -2.05. The highest BCUT2D eigenvalue weighted by Gasteiger charge is 2.25. The fourth-order valence-corrected chi connectivity index (χ4v) is 4.95. The summed E-state index contributed by atoms with van der Waals surface area (Å²) < 4.78 is 28.5. The molecule has 3 rings (SSSR count). The molecule has 2 aromatic carbocycles. The first-order valence-corrected chi connectivity index (χ1v) is 11.2. The quantitative estimate of drug-likeness (QED) is 0.784. The molecule has 28 heavy (non-hydrogen) atoms. The van der Waals surface area contributed by atoms with Gasteiger partial charge in [0.2, 0.25) is 0 Å². The van der Waals surface area contributed by atoms with Crippen molar-refractivity contribution in [1.29, 1.82) is 0 Å². The fourth-order valence-electron chi connectivity index (χ4n) is 3.30. The molecule has 1 N–H and O–H groups in total. The lowest BCUT2D eigenvalue weighted by Crippen LogP contribution is -2.38. The molecule has 1 amide bonds. The van der Waals surface area contributed by atoms with E-state index in [0.717, 1.165) is 24.0 Å². The molecule has 0 unspecified atom stereocenters. The summed E-state index contributed by atoms with van der Waals surface area (Å²) in [6, 6.07) is 9.84. The van der Waals surface area contributed by atoms with Gasteiger partial charge in [-0.1, -0.05) is 30.7 Å². The smallest absolute Gasteiger partial charge is 0.263 e. The summed E-state index contributed by atoms with van der Waals surface area (Å²) in [5.41, 5.74) is 2.66. The van der Waals surface area contributed by atoms with E-state index in [0.29, 0.717) is 30.3 Å². The zero-order valence-corrected chi connectivity index (χ0v) is 17.9. The van der Waals surface area contributed by atoms with Crippen molar-refractivity contribution in [2.45, 2.75) is 38.5 Å². The van der Waals surface area contributed by atoms with Gasteiger partial charge >= 0.3 is 0 Å². The van der Waals surface area contributed by atoms with Crippen LogP contribution in [0, 0.1) is 19.8 Å². The standard InChI is InChI=1S/C21H25ClN2O3S/c1-14-9-11-24(12-10-14)21(25)17-7-8-18(22)20(13-17)28(26,27)23-19-6-4-5-15(2)16(19)3/h4-8,13-14,23H,9-12H2,1-3H3. The van der Waals surface area contributed by atoms with Gasteiger partial charge < -0.3 is 4.90 Å². The van der Waals surface area contributed by atoms with Crippen molar-refractivity contribution in [2.24, 2.45) is 5.92 Å². The third kappa shape index (κ3) is 4.33. The first-order valence-electron chi connectivity index (χ1n) is 9.37. The molecular weight excluding hydrogens is 396 g/mol. The largest absolute Gasteiger partial charge is 0.339 e. The van der Waals surface area contributed by atoms with Gasteiger partial charge in [0, 0.05) is 18.7 Å². The average molecular weight is 421 g/mol. The molecule has 0 aromatic heterocycles. The van der Waals surface area contributed by atoms with Crippen LogP contribution in [0.5, 0.6) is 0 Å². The molecule has 1 aliphatic rings. The second-order valence-corrected chi connectivity index (χ2v) is 9.53. The van der Waals surface area contributed by atoms with Crippen molar-refractivity contribution < 1.29 is 13.2 Å². The zero-order valence-electron chi connectivity index (χ0n) is 16.3. The highest BCUT2D eigenvalue weighted by Crippen LogP contribution is 2.28. The topological polar surface area (TPSA) is 66.5 Å². The average Bonchev–Trinajstić information content (AvgIpc) is 2.65. The molecule has 0 radical (unpaired) electrons. The number of amides is 1. The summed E-state index contributed by atoms with van der Waals surface area (Å²) in [6.07, 6.45) is 1.91. The van der Waals surface area contributed by atoms with Crippen LogP contribution in [0.15, 0.2) is 41.3 Å². The number of likely N-dealkylation sites (tertiary alicyclic amines) is 1. The number of anilines is 1. The Bertz CT molecular complexity index is 997. The Morgan fingerprint density at radius 3 is 2.50 bits per heavy atom. The van der Waals surface area contributed by atoms with Gasteiger partial charge in [-0.15, -0.1) is 0 Å². The Morgan fingerprint density at radius 2 is 1.82 bits per heavy atom. The maximum absolute atomic E-state index is 13.0. The van der Waals surface area contributed by atoms with Crippen LogP contribution in [0.3, 0.4) is 0 Å². The van der Waals surface area contributed by atoms with E-state index >= 15 is 0 Å². The lowest BCUT2D eigenvalue weighted by Gasteiger charge is -2.30. The third-order valence-electron chi connectivity index (χ3n) is 5.39. The lowest BCUT2D eigenvalue weighted by atomic mass is 9.98. The van der Waals surface area contributed by atoms with Crippen molar-refractivity contribution in [1.82, 2.24) is 4.90 Å². The predicted molar refractivity (Wildman–Crippen MR) is 112 cm³/mol. The molecule has 150 valence electrons. The van der Waals surface area contributed by atoms with Crippen molar-refractivity contribution in [3.63, 3.8) is 0 Å². The number of carbonyl (C=O) groups excluding carboxylic acids is 1. The van der Waals surface area contributed by atoms with E-state index in [1.165, 1.54) is 12.1 Å². The van der Waals surface area contributed by atoms with Crippen LogP contribution < -0.4 is 4.72 Å². The Labute approximate surface area is 171 Å². The number of carbonyl (C=O) groups is 1. The van der Waals surface area contributed by atoms with Crippen molar-refractivity contribution in [2.75, 3.05) is 17.8 Å². The minimum Gasteiger partial charge on any atom is -0.339 e. The summed E-state index contributed by atoms with van der Waals surface area (Å²) in [7, 11) is -3.93. The molecule has 1 fully saturated rings. The normalized spacial score (nSPS) is 15.5. The number of piperidine rings is 1. The molecule has 0 atom stereocenters. The van der Waals surface area contributed by atoms with Crippen LogP contribution in [-0.2, 0) is 10.0 Å². The van der Waals surface area contributed by atoms with Gasteiger partial charge in [0.05, 0.1) is 10.7 Å². The van der Waals surface area contributed by atoms with E-state index in [-0.39, 0.29) is 15.8 Å². The van der Waals surface area contributed by atoms with Crippen LogP contribution >= 0.6 is 11.6 Å². The summed E-state index contributed by atoms with van der Waals surface area (Å²) in [5.74, 6) is 0.443. The first kappa shape index (κ1) is 20.7.